The van der Waals surface area contributed by atoms with Crippen molar-refractivity contribution >= 4 is 27.7 Å². The zero-order valence-corrected chi connectivity index (χ0v) is 16.9. The number of fused-ring (bicyclic) bond motifs is 1. The molecule has 8 heteroatoms. The summed E-state index contributed by atoms with van der Waals surface area (Å²) in [5.74, 6) is 2.11. The molecule has 1 unspecified atom stereocenters. The van der Waals surface area contributed by atoms with E-state index in [-0.39, 0.29) is 11.8 Å². The Morgan fingerprint density at radius 3 is 2.85 bits per heavy atom. The van der Waals surface area contributed by atoms with Crippen molar-refractivity contribution in [3.63, 3.8) is 0 Å². The third kappa shape index (κ3) is 3.12. The van der Waals surface area contributed by atoms with E-state index in [1.165, 1.54) is 6.33 Å². The highest BCUT2D eigenvalue weighted by molar-refractivity contribution is 9.10. The van der Waals surface area contributed by atoms with Gasteiger partial charge in [-0.3, -0.25) is 4.79 Å². The Bertz CT molecular complexity index is 922. The summed E-state index contributed by atoms with van der Waals surface area (Å²) in [5, 5.41) is 7.65. The summed E-state index contributed by atoms with van der Waals surface area (Å²) in [7, 11) is 0. The highest BCUT2D eigenvalue weighted by Crippen LogP contribution is 2.44. The van der Waals surface area contributed by atoms with Gasteiger partial charge >= 0.3 is 0 Å². The van der Waals surface area contributed by atoms with Crippen molar-refractivity contribution in [2.45, 2.75) is 39.2 Å². The lowest BCUT2D eigenvalue weighted by molar-refractivity contribution is -0.116. The van der Waals surface area contributed by atoms with Gasteiger partial charge < -0.3 is 14.8 Å². The number of carbonyl (C=O) groups excluding carboxylic acids is 1. The maximum Gasteiger partial charge on any atom is 0.226 e. The van der Waals surface area contributed by atoms with Gasteiger partial charge in [0.05, 0.1) is 17.7 Å². The number of hydrogen-bond acceptors (Lipinski definition) is 6. The van der Waals surface area contributed by atoms with Gasteiger partial charge in [0.2, 0.25) is 5.95 Å². The van der Waals surface area contributed by atoms with Gasteiger partial charge in [-0.25, -0.2) is 4.68 Å². The molecule has 0 bridgehead atoms. The lowest BCUT2D eigenvalue weighted by Crippen LogP contribution is -2.31. The summed E-state index contributed by atoms with van der Waals surface area (Å²) in [6, 6.07) is 3.58. The molecule has 1 aromatic carbocycles. The zero-order valence-electron chi connectivity index (χ0n) is 15.3. The fraction of sp³-hybridized carbons (Fsp3) is 0.421. The Morgan fingerprint density at radius 1 is 1.26 bits per heavy atom. The first-order chi connectivity index (χ1) is 13.1. The van der Waals surface area contributed by atoms with E-state index in [1.807, 2.05) is 26.0 Å². The van der Waals surface area contributed by atoms with Crippen LogP contribution in [0.1, 0.15) is 44.7 Å². The molecule has 1 aliphatic heterocycles. The standard InChI is InChI=1S/C19H21BrN4O3/c1-3-26-15-9-11(8-12(20)18(15)27-4-2)17-16-13(6-5-7-14(16)25)23-19-21-10-22-24(17)19/h8-10,17H,3-7H2,1-2H3,(H,21,22,23). The molecular formula is C19H21BrN4O3. The van der Waals surface area contributed by atoms with Gasteiger partial charge in [-0.1, -0.05) is 0 Å². The first-order valence-electron chi connectivity index (χ1n) is 9.15. The summed E-state index contributed by atoms with van der Waals surface area (Å²) in [6.07, 6.45) is 3.74. The second-order valence-corrected chi connectivity index (χ2v) is 7.28. The Kier molecular flexibility index (Phi) is 4.90. The molecule has 0 amide bonds. The number of Topliss-reactive ketones (excluding diaryl/α,β-unsaturated/α-hetero) is 1. The molecule has 1 atom stereocenters. The van der Waals surface area contributed by atoms with Gasteiger partial charge in [0.15, 0.2) is 17.3 Å². The third-order valence-corrected chi connectivity index (χ3v) is 5.34. The number of anilines is 1. The van der Waals surface area contributed by atoms with E-state index in [0.717, 1.165) is 34.1 Å². The van der Waals surface area contributed by atoms with Gasteiger partial charge in [-0.15, -0.1) is 0 Å². The monoisotopic (exact) mass is 432 g/mol. The minimum atomic E-state index is -0.335. The fourth-order valence-corrected chi connectivity index (χ4v) is 4.27. The van der Waals surface area contributed by atoms with Crippen LogP contribution in [0.3, 0.4) is 0 Å². The number of allylic oxidation sites excluding steroid dienone is 2. The first kappa shape index (κ1) is 18.0. The van der Waals surface area contributed by atoms with E-state index in [1.54, 1.807) is 4.68 Å². The SMILES string of the molecule is CCOc1cc(C2C3=C(CCCC3=O)Nc3ncnn32)cc(Br)c1OCC. The zero-order chi connectivity index (χ0) is 19.0. The van der Waals surface area contributed by atoms with Crippen LogP contribution in [0.25, 0.3) is 0 Å². The summed E-state index contributed by atoms with van der Waals surface area (Å²) >= 11 is 3.60. The molecule has 7 nitrogen and oxygen atoms in total. The topological polar surface area (TPSA) is 78.3 Å². The fourth-order valence-electron chi connectivity index (χ4n) is 3.70. The number of carbonyl (C=O) groups is 1. The number of nitrogens with one attached hydrogen (secondary N) is 1. The van der Waals surface area contributed by atoms with Gasteiger partial charge in [-0.05, 0) is 60.3 Å². The largest absolute Gasteiger partial charge is 0.490 e. The molecule has 0 saturated heterocycles. The van der Waals surface area contributed by atoms with Crippen LogP contribution in [0.15, 0.2) is 34.2 Å². The van der Waals surface area contributed by atoms with Crippen LogP contribution in [0, 0.1) is 0 Å². The van der Waals surface area contributed by atoms with Crippen molar-refractivity contribution in [2.24, 2.45) is 0 Å². The molecule has 2 aromatic rings. The number of halogens is 1. The van der Waals surface area contributed by atoms with Gasteiger partial charge in [0.1, 0.15) is 12.4 Å². The number of hydrogen-bond donors (Lipinski definition) is 1. The molecule has 142 valence electrons. The average Bonchev–Trinajstić information content (AvgIpc) is 3.11. The van der Waals surface area contributed by atoms with Crippen LogP contribution < -0.4 is 14.8 Å². The van der Waals surface area contributed by atoms with Gasteiger partial charge in [0.25, 0.3) is 0 Å². The van der Waals surface area contributed by atoms with E-state index in [0.29, 0.717) is 37.1 Å². The second-order valence-electron chi connectivity index (χ2n) is 6.42. The lowest BCUT2D eigenvalue weighted by atomic mass is 9.85. The van der Waals surface area contributed by atoms with E-state index in [4.69, 9.17) is 9.47 Å². The third-order valence-electron chi connectivity index (χ3n) is 4.75. The van der Waals surface area contributed by atoms with Crippen LogP contribution in [-0.4, -0.2) is 33.8 Å². The number of nitrogens with zero attached hydrogens (tertiary/aromatic N) is 3. The molecule has 1 aromatic heterocycles. The van der Waals surface area contributed by atoms with Crippen LogP contribution in [-0.2, 0) is 4.79 Å². The number of aromatic nitrogens is 3. The van der Waals surface area contributed by atoms with Crippen molar-refractivity contribution in [3.8, 4) is 11.5 Å². The van der Waals surface area contributed by atoms with Crippen LogP contribution in [0.2, 0.25) is 0 Å². The summed E-state index contributed by atoms with van der Waals surface area (Å²) in [6.45, 7) is 4.92. The predicted octanol–water partition coefficient (Wildman–Crippen LogP) is 3.86. The van der Waals surface area contributed by atoms with Crippen molar-refractivity contribution < 1.29 is 14.3 Å². The molecule has 1 aliphatic carbocycles. The van der Waals surface area contributed by atoms with Crippen molar-refractivity contribution in [3.05, 3.63) is 39.8 Å². The molecular weight excluding hydrogens is 412 g/mol. The van der Waals surface area contributed by atoms with Gasteiger partial charge in [-0.2, -0.15) is 10.1 Å². The highest BCUT2D eigenvalue weighted by atomic mass is 79.9. The van der Waals surface area contributed by atoms with Crippen molar-refractivity contribution in [1.29, 1.82) is 0 Å². The Balaban J connectivity index is 1.88. The molecule has 2 heterocycles. The molecule has 0 radical (unpaired) electrons. The number of ether oxygens (including phenoxy) is 2. The predicted molar refractivity (Wildman–Crippen MR) is 104 cm³/mol. The minimum absolute atomic E-state index is 0.151. The molecule has 27 heavy (non-hydrogen) atoms. The quantitative estimate of drug-likeness (QED) is 0.772. The maximum atomic E-state index is 12.8. The molecule has 0 fully saturated rings. The van der Waals surface area contributed by atoms with Crippen molar-refractivity contribution in [1.82, 2.24) is 14.8 Å². The Labute approximate surface area is 165 Å². The van der Waals surface area contributed by atoms with Crippen LogP contribution in [0.4, 0.5) is 5.95 Å². The summed E-state index contributed by atoms with van der Waals surface area (Å²) in [4.78, 5) is 17.1. The van der Waals surface area contributed by atoms with E-state index in [9.17, 15) is 4.79 Å². The number of rotatable bonds is 5. The maximum absolute atomic E-state index is 12.8. The Morgan fingerprint density at radius 2 is 2.07 bits per heavy atom. The van der Waals surface area contributed by atoms with E-state index < -0.39 is 0 Å². The van der Waals surface area contributed by atoms with Crippen LogP contribution in [0.5, 0.6) is 11.5 Å². The van der Waals surface area contributed by atoms with Gasteiger partial charge in [0, 0.05) is 17.7 Å². The van der Waals surface area contributed by atoms with E-state index >= 15 is 0 Å². The molecule has 1 N–H and O–H groups in total. The smallest absolute Gasteiger partial charge is 0.226 e. The molecule has 4 rings (SSSR count). The minimum Gasteiger partial charge on any atom is -0.490 e. The molecule has 0 saturated carbocycles. The summed E-state index contributed by atoms with van der Waals surface area (Å²) in [5.41, 5.74) is 2.61. The Hall–Kier alpha value is -2.35. The normalized spacial score (nSPS) is 18.6. The second kappa shape index (κ2) is 7.34. The van der Waals surface area contributed by atoms with Crippen LogP contribution >= 0.6 is 15.9 Å². The number of ketones is 1. The first-order valence-corrected chi connectivity index (χ1v) is 9.95. The summed E-state index contributed by atoms with van der Waals surface area (Å²) < 4.78 is 14.1. The number of benzene rings is 1. The van der Waals surface area contributed by atoms with Crippen molar-refractivity contribution in [2.75, 3.05) is 18.5 Å². The molecule has 2 aliphatic rings. The highest BCUT2D eigenvalue weighted by Gasteiger charge is 2.36. The average molecular weight is 433 g/mol. The molecule has 0 spiro atoms. The van der Waals surface area contributed by atoms with E-state index in [2.05, 4.69) is 31.3 Å². The lowest BCUT2D eigenvalue weighted by Gasteiger charge is -2.32.